The number of aromatic nitrogens is 3. The second-order valence-corrected chi connectivity index (χ2v) is 4.51. The SMILES string of the molecule is c1ccc(-c2ncnc(C3CCCC3)n2)cc1. The van der Waals surface area contributed by atoms with Crippen molar-refractivity contribution in [1.82, 2.24) is 15.0 Å². The lowest BCUT2D eigenvalue weighted by molar-refractivity contribution is 0.662. The summed E-state index contributed by atoms with van der Waals surface area (Å²) in [6, 6.07) is 10.1. The zero-order chi connectivity index (χ0) is 11.5. The molecule has 1 fully saturated rings. The first-order valence-electron chi connectivity index (χ1n) is 6.18. The van der Waals surface area contributed by atoms with Crippen molar-refractivity contribution in [2.75, 3.05) is 0 Å². The fourth-order valence-electron chi connectivity index (χ4n) is 2.42. The van der Waals surface area contributed by atoms with Crippen LogP contribution in [-0.2, 0) is 0 Å². The topological polar surface area (TPSA) is 38.7 Å². The number of hydrogen-bond acceptors (Lipinski definition) is 3. The van der Waals surface area contributed by atoms with Crippen LogP contribution in [0.4, 0.5) is 0 Å². The van der Waals surface area contributed by atoms with Gasteiger partial charge in [-0.15, -0.1) is 0 Å². The molecule has 0 bridgehead atoms. The molecule has 0 atom stereocenters. The Morgan fingerprint density at radius 2 is 1.71 bits per heavy atom. The summed E-state index contributed by atoms with van der Waals surface area (Å²) in [7, 11) is 0. The summed E-state index contributed by atoms with van der Waals surface area (Å²) in [5.41, 5.74) is 1.06. The lowest BCUT2D eigenvalue weighted by Gasteiger charge is -2.07. The van der Waals surface area contributed by atoms with Gasteiger partial charge in [-0.2, -0.15) is 0 Å². The molecular weight excluding hydrogens is 210 g/mol. The maximum atomic E-state index is 4.60. The summed E-state index contributed by atoms with van der Waals surface area (Å²) in [4.78, 5) is 13.2. The highest BCUT2D eigenvalue weighted by atomic mass is 15.0. The summed E-state index contributed by atoms with van der Waals surface area (Å²) in [6.45, 7) is 0. The summed E-state index contributed by atoms with van der Waals surface area (Å²) in [6.07, 6.45) is 6.69. The van der Waals surface area contributed by atoms with Crippen LogP contribution >= 0.6 is 0 Å². The molecule has 1 aliphatic carbocycles. The van der Waals surface area contributed by atoms with E-state index in [1.54, 1.807) is 6.33 Å². The quantitative estimate of drug-likeness (QED) is 0.787. The third-order valence-electron chi connectivity index (χ3n) is 3.34. The second-order valence-electron chi connectivity index (χ2n) is 4.51. The average Bonchev–Trinajstić information content (AvgIpc) is 2.94. The number of hydrogen-bond donors (Lipinski definition) is 0. The second kappa shape index (κ2) is 4.62. The van der Waals surface area contributed by atoms with E-state index in [1.807, 2.05) is 30.3 Å². The minimum Gasteiger partial charge on any atom is -0.221 e. The highest BCUT2D eigenvalue weighted by molar-refractivity contribution is 5.53. The lowest BCUT2D eigenvalue weighted by Crippen LogP contribution is -2.02. The predicted octanol–water partition coefficient (Wildman–Crippen LogP) is 3.20. The van der Waals surface area contributed by atoms with Crippen LogP contribution in [0, 0.1) is 0 Å². The molecule has 1 saturated carbocycles. The van der Waals surface area contributed by atoms with Crippen LogP contribution in [0.2, 0.25) is 0 Å². The Labute approximate surface area is 101 Å². The van der Waals surface area contributed by atoms with Crippen molar-refractivity contribution in [3.8, 4) is 11.4 Å². The van der Waals surface area contributed by atoms with E-state index in [4.69, 9.17) is 0 Å². The van der Waals surface area contributed by atoms with Crippen molar-refractivity contribution in [1.29, 1.82) is 0 Å². The monoisotopic (exact) mass is 225 g/mol. The van der Waals surface area contributed by atoms with E-state index < -0.39 is 0 Å². The zero-order valence-corrected chi connectivity index (χ0v) is 9.71. The van der Waals surface area contributed by atoms with Crippen LogP contribution in [0.5, 0.6) is 0 Å². The molecule has 0 radical (unpaired) electrons. The van der Waals surface area contributed by atoms with Gasteiger partial charge < -0.3 is 0 Å². The summed E-state index contributed by atoms with van der Waals surface area (Å²) < 4.78 is 0. The Kier molecular flexibility index (Phi) is 2.82. The average molecular weight is 225 g/mol. The first kappa shape index (κ1) is 10.4. The molecule has 17 heavy (non-hydrogen) atoms. The van der Waals surface area contributed by atoms with Gasteiger partial charge in [0.1, 0.15) is 12.2 Å². The number of benzene rings is 1. The van der Waals surface area contributed by atoms with Gasteiger partial charge in [0.25, 0.3) is 0 Å². The van der Waals surface area contributed by atoms with Crippen LogP contribution < -0.4 is 0 Å². The number of rotatable bonds is 2. The predicted molar refractivity (Wildman–Crippen MR) is 66.5 cm³/mol. The first-order chi connectivity index (χ1) is 8.43. The van der Waals surface area contributed by atoms with Gasteiger partial charge in [-0.3, -0.25) is 0 Å². The summed E-state index contributed by atoms with van der Waals surface area (Å²) in [5.74, 6) is 2.30. The third kappa shape index (κ3) is 2.18. The van der Waals surface area contributed by atoms with Gasteiger partial charge in [0.15, 0.2) is 5.82 Å². The van der Waals surface area contributed by atoms with Crippen molar-refractivity contribution in [2.24, 2.45) is 0 Å². The molecule has 0 unspecified atom stereocenters. The Bertz CT molecular complexity index is 490. The van der Waals surface area contributed by atoms with Gasteiger partial charge in [0.2, 0.25) is 0 Å². The molecule has 0 N–H and O–H groups in total. The molecule has 3 rings (SSSR count). The Balaban J connectivity index is 1.94. The van der Waals surface area contributed by atoms with Crippen LogP contribution in [0.15, 0.2) is 36.7 Å². The van der Waals surface area contributed by atoms with Gasteiger partial charge in [-0.05, 0) is 12.8 Å². The molecule has 0 aliphatic heterocycles. The molecule has 0 spiro atoms. The standard InChI is InChI=1S/C14H15N3/c1-2-6-11(7-3-1)13-15-10-16-14(17-13)12-8-4-5-9-12/h1-3,6-7,10,12H,4-5,8-9H2. The highest BCUT2D eigenvalue weighted by Gasteiger charge is 2.20. The Hall–Kier alpha value is -1.77. The molecule has 1 aromatic carbocycles. The van der Waals surface area contributed by atoms with Gasteiger partial charge in [0, 0.05) is 11.5 Å². The molecule has 3 nitrogen and oxygen atoms in total. The smallest absolute Gasteiger partial charge is 0.163 e. The minimum atomic E-state index is 0.542. The molecule has 1 aromatic heterocycles. The highest BCUT2D eigenvalue weighted by Crippen LogP contribution is 2.32. The van der Waals surface area contributed by atoms with Crippen LogP contribution in [0.1, 0.15) is 37.4 Å². The maximum absolute atomic E-state index is 4.60. The van der Waals surface area contributed by atoms with Gasteiger partial charge in [-0.25, -0.2) is 15.0 Å². The van der Waals surface area contributed by atoms with E-state index in [1.165, 1.54) is 25.7 Å². The summed E-state index contributed by atoms with van der Waals surface area (Å²) in [5, 5.41) is 0. The van der Waals surface area contributed by atoms with Crippen molar-refractivity contribution >= 4 is 0 Å². The van der Waals surface area contributed by atoms with E-state index in [-0.39, 0.29) is 0 Å². The van der Waals surface area contributed by atoms with E-state index >= 15 is 0 Å². The third-order valence-corrected chi connectivity index (χ3v) is 3.34. The van der Waals surface area contributed by atoms with E-state index in [0.717, 1.165) is 17.2 Å². The Morgan fingerprint density at radius 3 is 2.47 bits per heavy atom. The van der Waals surface area contributed by atoms with Crippen LogP contribution in [-0.4, -0.2) is 15.0 Å². The van der Waals surface area contributed by atoms with Crippen molar-refractivity contribution in [3.63, 3.8) is 0 Å². The minimum absolute atomic E-state index is 0.542. The summed E-state index contributed by atoms with van der Waals surface area (Å²) >= 11 is 0. The fraction of sp³-hybridized carbons (Fsp3) is 0.357. The van der Waals surface area contributed by atoms with Crippen molar-refractivity contribution < 1.29 is 0 Å². The van der Waals surface area contributed by atoms with E-state index in [2.05, 4.69) is 15.0 Å². The van der Waals surface area contributed by atoms with Crippen molar-refractivity contribution in [2.45, 2.75) is 31.6 Å². The molecule has 86 valence electrons. The van der Waals surface area contributed by atoms with Crippen LogP contribution in [0.3, 0.4) is 0 Å². The molecule has 3 heteroatoms. The normalized spacial score (nSPS) is 16.2. The molecule has 0 saturated heterocycles. The first-order valence-corrected chi connectivity index (χ1v) is 6.18. The lowest BCUT2D eigenvalue weighted by atomic mass is 10.1. The molecular formula is C14H15N3. The maximum Gasteiger partial charge on any atom is 0.163 e. The molecule has 1 heterocycles. The molecule has 1 aliphatic rings. The van der Waals surface area contributed by atoms with E-state index in [9.17, 15) is 0 Å². The van der Waals surface area contributed by atoms with Crippen LogP contribution in [0.25, 0.3) is 11.4 Å². The van der Waals surface area contributed by atoms with Crippen molar-refractivity contribution in [3.05, 3.63) is 42.5 Å². The largest absolute Gasteiger partial charge is 0.221 e. The molecule has 0 amide bonds. The van der Waals surface area contributed by atoms with Gasteiger partial charge in [-0.1, -0.05) is 43.2 Å². The van der Waals surface area contributed by atoms with E-state index in [0.29, 0.717) is 5.92 Å². The van der Waals surface area contributed by atoms with Gasteiger partial charge >= 0.3 is 0 Å². The number of nitrogens with zero attached hydrogens (tertiary/aromatic N) is 3. The molecule has 2 aromatic rings. The van der Waals surface area contributed by atoms with Gasteiger partial charge in [0.05, 0.1) is 0 Å². The fourth-order valence-corrected chi connectivity index (χ4v) is 2.42. The zero-order valence-electron chi connectivity index (χ0n) is 9.71. The Morgan fingerprint density at radius 1 is 0.941 bits per heavy atom.